The molecule has 1 saturated carbocycles. The van der Waals surface area contributed by atoms with Gasteiger partial charge in [-0.15, -0.1) is 0 Å². The molecule has 1 aliphatic carbocycles. The van der Waals surface area contributed by atoms with E-state index in [1.807, 2.05) is 37.3 Å². The first-order valence-electron chi connectivity index (χ1n) is 9.91. The Hall–Kier alpha value is -1.29. The molecule has 1 atom stereocenters. The van der Waals surface area contributed by atoms with Crippen LogP contribution in [0.15, 0.2) is 30.3 Å². The molecule has 3 nitrogen and oxygen atoms in total. The van der Waals surface area contributed by atoms with E-state index in [9.17, 15) is 5.11 Å². The Balaban J connectivity index is 1.77. The second-order valence-electron chi connectivity index (χ2n) is 9.35. The zero-order valence-corrected chi connectivity index (χ0v) is 17.6. The quantitative estimate of drug-likeness (QED) is 0.711. The van der Waals surface area contributed by atoms with Crippen molar-refractivity contribution < 1.29 is 9.84 Å². The number of hydrogen-bond acceptors (Lipinski definition) is 3. The van der Waals surface area contributed by atoms with Gasteiger partial charge >= 0.3 is 0 Å². The summed E-state index contributed by atoms with van der Waals surface area (Å²) in [6.45, 7) is 8.70. The molecule has 0 unspecified atom stereocenters. The topological polar surface area (TPSA) is 55.5 Å². The molecule has 0 aliphatic heterocycles. The Morgan fingerprint density at radius 3 is 2.33 bits per heavy atom. The average molecular weight is 390 g/mol. The summed E-state index contributed by atoms with van der Waals surface area (Å²) in [5, 5.41) is 12.1. The van der Waals surface area contributed by atoms with Crippen molar-refractivity contribution in [1.82, 2.24) is 0 Å². The fourth-order valence-corrected chi connectivity index (χ4v) is 4.32. The number of benzene rings is 2. The van der Waals surface area contributed by atoms with Gasteiger partial charge in [-0.3, -0.25) is 0 Å². The summed E-state index contributed by atoms with van der Waals surface area (Å²) >= 11 is 6.66. The van der Waals surface area contributed by atoms with Crippen LogP contribution in [0.2, 0.25) is 5.02 Å². The number of rotatable bonds is 4. The van der Waals surface area contributed by atoms with Gasteiger partial charge in [-0.2, -0.15) is 0 Å². The Morgan fingerprint density at radius 1 is 1.07 bits per heavy atom. The van der Waals surface area contributed by atoms with E-state index in [0.29, 0.717) is 10.4 Å². The molecule has 4 heteroatoms. The second-order valence-corrected chi connectivity index (χ2v) is 9.72. The highest BCUT2D eigenvalue weighted by molar-refractivity contribution is 6.37. The van der Waals surface area contributed by atoms with E-state index in [0.717, 1.165) is 40.8 Å². The SMILES string of the molecule is CC(C)(C)C1CCC(Oc2ccc3cc([C@@](C)(N)CO)ccc3c2Cl)CC1. The van der Waals surface area contributed by atoms with Crippen molar-refractivity contribution in [2.45, 2.75) is 65.0 Å². The van der Waals surface area contributed by atoms with Crippen LogP contribution in [0, 0.1) is 11.3 Å². The van der Waals surface area contributed by atoms with E-state index in [1.165, 1.54) is 12.8 Å². The van der Waals surface area contributed by atoms with Gasteiger partial charge in [0.25, 0.3) is 0 Å². The van der Waals surface area contributed by atoms with Gasteiger partial charge in [0.2, 0.25) is 0 Å². The fraction of sp³-hybridized carbons (Fsp3) is 0.565. The predicted octanol–water partition coefficient (Wildman–Crippen LogP) is 5.64. The Labute approximate surface area is 167 Å². The van der Waals surface area contributed by atoms with Crippen LogP contribution in [-0.4, -0.2) is 17.8 Å². The van der Waals surface area contributed by atoms with Gasteiger partial charge in [-0.25, -0.2) is 0 Å². The maximum Gasteiger partial charge on any atom is 0.138 e. The average Bonchev–Trinajstić information content (AvgIpc) is 2.63. The molecule has 0 heterocycles. The van der Waals surface area contributed by atoms with Crippen LogP contribution < -0.4 is 10.5 Å². The number of nitrogens with two attached hydrogens (primary N) is 1. The number of aliphatic hydroxyl groups is 1. The van der Waals surface area contributed by atoms with Gasteiger partial charge in [-0.1, -0.05) is 50.6 Å². The molecular weight excluding hydrogens is 358 g/mol. The van der Waals surface area contributed by atoms with E-state index in [2.05, 4.69) is 20.8 Å². The Bertz CT molecular complexity index is 802. The highest BCUT2D eigenvalue weighted by Gasteiger charge is 2.30. The van der Waals surface area contributed by atoms with Gasteiger partial charge in [0, 0.05) is 5.39 Å². The monoisotopic (exact) mass is 389 g/mol. The van der Waals surface area contributed by atoms with Crippen molar-refractivity contribution in [3.63, 3.8) is 0 Å². The number of ether oxygens (including phenoxy) is 1. The van der Waals surface area contributed by atoms with Crippen LogP contribution in [0.25, 0.3) is 10.8 Å². The second kappa shape index (κ2) is 7.62. The molecule has 1 aliphatic rings. The third kappa shape index (κ3) is 4.42. The third-order valence-corrected chi connectivity index (χ3v) is 6.49. The molecule has 27 heavy (non-hydrogen) atoms. The highest BCUT2D eigenvalue weighted by Crippen LogP contribution is 2.40. The maximum absolute atomic E-state index is 9.50. The standard InChI is InChI=1S/C23H32ClNO2/c1-22(2,3)16-6-9-18(10-7-16)27-20-12-5-15-13-17(23(4,25)14-26)8-11-19(15)21(20)24/h5,8,11-13,16,18,26H,6-7,9-10,14,25H2,1-4H3/t16?,18?,23-/m0/s1. The Kier molecular flexibility index (Phi) is 5.77. The highest BCUT2D eigenvalue weighted by atomic mass is 35.5. The largest absolute Gasteiger partial charge is 0.489 e. The number of halogens is 1. The number of hydrogen-bond donors (Lipinski definition) is 2. The number of aliphatic hydroxyl groups excluding tert-OH is 1. The minimum absolute atomic E-state index is 0.106. The van der Waals surface area contributed by atoms with Crippen LogP contribution in [0.3, 0.4) is 0 Å². The van der Waals surface area contributed by atoms with Crippen molar-refractivity contribution in [2.75, 3.05) is 6.61 Å². The van der Waals surface area contributed by atoms with Crippen molar-refractivity contribution >= 4 is 22.4 Å². The van der Waals surface area contributed by atoms with Crippen molar-refractivity contribution in [1.29, 1.82) is 0 Å². The molecule has 0 bridgehead atoms. The van der Waals surface area contributed by atoms with Crippen molar-refractivity contribution in [3.8, 4) is 5.75 Å². The molecule has 1 fully saturated rings. The van der Waals surface area contributed by atoms with E-state index in [-0.39, 0.29) is 12.7 Å². The van der Waals surface area contributed by atoms with Gasteiger partial charge < -0.3 is 15.6 Å². The van der Waals surface area contributed by atoms with E-state index < -0.39 is 5.54 Å². The molecule has 2 aromatic rings. The van der Waals surface area contributed by atoms with E-state index in [4.69, 9.17) is 22.1 Å². The van der Waals surface area contributed by atoms with Crippen molar-refractivity contribution in [2.24, 2.45) is 17.1 Å². The molecule has 0 aromatic heterocycles. The lowest BCUT2D eigenvalue weighted by Gasteiger charge is -2.37. The minimum Gasteiger partial charge on any atom is -0.489 e. The van der Waals surface area contributed by atoms with Crippen LogP contribution in [0.5, 0.6) is 5.75 Å². The normalized spacial score (nSPS) is 23.2. The molecule has 148 valence electrons. The van der Waals surface area contributed by atoms with Crippen LogP contribution in [0.1, 0.15) is 58.9 Å². The first-order chi connectivity index (χ1) is 12.6. The molecule has 3 rings (SSSR count). The smallest absolute Gasteiger partial charge is 0.138 e. The lowest BCUT2D eigenvalue weighted by atomic mass is 9.72. The lowest BCUT2D eigenvalue weighted by Crippen LogP contribution is -2.36. The van der Waals surface area contributed by atoms with Gasteiger partial charge in [0.1, 0.15) is 5.75 Å². The lowest BCUT2D eigenvalue weighted by molar-refractivity contribution is 0.0884. The number of fused-ring (bicyclic) bond motifs is 1. The maximum atomic E-state index is 9.50. The first-order valence-corrected chi connectivity index (χ1v) is 10.3. The molecule has 0 radical (unpaired) electrons. The van der Waals surface area contributed by atoms with E-state index in [1.54, 1.807) is 0 Å². The van der Waals surface area contributed by atoms with Crippen LogP contribution in [-0.2, 0) is 5.54 Å². The molecular formula is C23H32ClNO2. The summed E-state index contributed by atoms with van der Waals surface area (Å²) in [5.41, 5.74) is 6.65. The van der Waals surface area contributed by atoms with Crippen LogP contribution >= 0.6 is 11.6 Å². The summed E-state index contributed by atoms with van der Waals surface area (Å²) in [5.74, 6) is 1.52. The van der Waals surface area contributed by atoms with Crippen LogP contribution in [0.4, 0.5) is 0 Å². The molecule has 0 spiro atoms. The molecule has 2 aromatic carbocycles. The van der Waals surface area contributed by atoms with Gasteiger partial charge in [0.15, 0.2) is 0 Å². The molecule has 0 amide bonds. The van der Waals surface area contributed by atoms with Crippen molar-refractivity contribution in [3.05, 3.63) is 40.9 Å². The molecule has 3 N–H and O–H groups in total. The van der Waals surface area contributed by atoms with E-state index >= 15 is 0 Å². The minimum atomic E-state index is -0.762. The Morgan fingerprint density at radius 2 is 1.74 bits per heavy atom. The summed E-state index contributed by atoms with van der Waals surface area (Å²) < 4.78 is 6.28. The predicted molar refractivity (Wildman–Crippen MR) is 113 cm³/mol. The fourth-order valence-electron chi connectivity index (χ4n) is 4.04. The van der Waals surface area contributed by atoms with Gasteiger partial charge in [0.05, 0.1) is 23.3 Å². The summed E-state index contributed by atoms with van der Waals surface area (Å²) in [6, 6.07) is 9.88. The third-order valence-electron chi connectivity index (χ3n) is 6.10. The zero-order valence-electron chi connectivity index (χ0n) is 16.9. The zero-order chi connectivity index (χ0) is 19.8. The summed E-state index contributed by atoms with van der Waals surface area (Å²) in [6.07, 6.45) is 4.81. The first kappa shape index (κ1) is 20.4. The summed E-state index contributed by atoms with van der Waals surface area (Å²) in [4.78, 5) is 0. The molecule has 0 saturated heterocycles. The summed E-state index contributed by atoms with van der Waals surface area (Å²) in [7, 11) is 0. The van der Waals surface area contributed by atoms with Gasteiger partial charge in [-0.05, 0) is 67.0 Å².